The quantitative estimate of drug-likeness (QED) is 0.771. The van der Waals surface area contributed by atoms with Crippen molar-refractivity contribution in [1.82, 2.24) is 9.88 Å². The first kappa shape index (κ1) is 12.0. The number of aliphatic hydroxyl groups excluding tert-OH is 1. The van der Waals surface area contributed by atoms with Crippen LogP contribution in [0, 0.1) is 0 Å². The monoisotopic (exact) mass is 236 g/mol. The molecule has 0 aromatic carbocycles. The van der Waals surface area contributed by atoms with Crippen molar-refractivity contribution in [2.24, 2.45) is 0 Å². The number of hydrogen-bond donors (Lipinski definition) is 1. The zero-order valence-electron chi connectivity index (χ0n) is 9.80. The van der Waals surface area contributed by atoms with Gasteiger partial charge in [0, 0.05) is 19.6 Å². The number of likely N-dealkylation sites (tertiary alicyclic amines) is 1. The molecular weight excluding hydrogens is 220 g/mol. The lowest BCUT2D eigenvalue weighted by Gasteiger charge is -2.14. The Morgan fingerprint density at radius 3 is 3.12 bits per heavy atom. The van der Waals surface area contributed by atoms with Crippen LogP contribution < -0.4 is 0 Å². The van der Waals surface area contributed by atoms with E-state index < -0.39 is 5.97 Å². The molecule has 2 heterocycles. The molecule has 1 N–H and O–H groups in total. The minimum atomic E-state index is -0.423. The smallest absolute Gasteiger partial charge is 0.356 e. The Morgan fingerprint density at radius 1 is 1.65 bits per heavy atom. The zero-order chi connectivity index (χ0) is 12.3. The molecule has 1 aliphatic rings. The summed E-state index contributed by atoms with van der Waals surface area (Å²) in [6.45, 7) is 2.19. The van der Waals surface area contributed by atoms with E-state index in [-0.39, 0.29) is 6.10 Å². The number of aromatic nitrogens is 1. The number of carbonyl (C=O) groups excluding carboxylic acids is 1. The summed E-state index contributed by atoms with van der Waals surface area (Å²) in [5.41, 5.74) is 1.15. The minimum absolute atomic E-state index is 0.237. The van der Waals surface area contributed by atoms with E-state index in [9.17, 15) is 9.90 Å². The lowest BCUT2D eigenvalue weighted by atomic mass is 10.3. The molecule has 1 aromatic rings. The summed E-state index contributed by atoms with van der Waals surface area (Å²) in [6.07, 6.45) is 0.565. The number of hydrogen-bond acceptors (Lipinski definition) is 5. The molecule has 5 heteroatoms. The van der Waals surface area contributed by atoms with Gasteiger partial charge in [-0.1, -0.05) is 6.07 Å². The predicted molar refractivity (Wildman–Crippen MR) is 61.5 cm³/mol. The number of esters is 1. The molecule has 0 saturated carbocycles. The van der Waals surface area contributed by atoms with Gasteiger partial charge in [-0.2, -0.15) is 0 Å². The zero-order valence-corrected chi connectivity index (χ0v) is 9.80. The van der Waals surface area contributed by atoms with E-state index in [1.807, 2.05) is 6.07 Å². The molecule has 5 nitrogen and oxygen atoms in total. The van der Waals surface area contributed by atoms with Crippen LogP contribution in [-0.4, -0.2) is 47.3 Å². The molecule has 0 bridgehead atoms. The molecule has 1 unspecified atom stereocenters. The summed E-state index contributed by atoms with van der Waals surface area (Å²) in [4.78, 5) is 17.7. The first-order valence-electron chi connectivity index (χ1n) is 5.63. The van der Waals surface area contributed by atoms with Gasteiger partial charge >= 0.3 is 5.97 Å². The van der Waals surface area contributed by atoms with Crippen LogP contribution in [0.5, 0.6) is 0 Å². The molecule has 17 heavy (non-hydrogen) atoms. The van der Waals surface area contributed by atoms with Crippen molar-refractivity contribution in [1.29, 1.82) is 0 Å². The van der Waals surface area contributed by atoms with Gasteiger partial charge in [-0.3, -0.25) is 4.90 Å². The summed E-state index contributed by atoms with van der Waals surface area (Å²) >= 11 is 0. The Hall–Kier alpha value is -1.46. The van der Waals surface area contributed by atoms with Gasteiger partial charge in [0.05, 0.1) is 18.9 Å². The average Bonchev–Trinajstić information content (AvgIpc) is 2.74. The van der Waals surface area contributed by atoms with Crippen molar-refractivity contribution in [3.63, 3.8) is 0 Å². The van der Waals surface area contributed by atoms with Crippen molar-refractivity contribution < 1.29 is 14.6 Å². The number of β-amino-alcohol motifs (C(OH)–C–C–N with tert-alkyl or cyclic N) is 1. The topological polar surface area (TPSA) is 62.7 Å². The van der Waals surface area contributed by atoms with E-state index >= 15 is 0 Å². The Morgan fingerprint density at radius 2 is 2.47 bits per heavy atom. The van der Waals surface area contributed by atoms with Gasteiger partial charge in [0.2, 0.25) is 0 Å². The number of carbonyl (C=O) groups is 1. The van der Waals surface area contributed by atoms with Crippen molar-refractivity contribution in [3.05, 3.63) is 29.6 Å². The summed E-state index contributed by atoms with van der Waals surface area (Å²) in [5.74, 6) is -0.423. The average molecular weight is 236 g/mol. The molecule has 92 valence electrons. The van der Waals surface area contributed by atoms with Gasteiger partial charge in [-0.05, 0) is 18.6 Å². The Bertz CT molecular complexity index is 408. The Balaban J connectivity index is 2.03. The van der Waals surface area contributed by atoms with E-state index in [2.05, 4.69) is 14.6 Å². The molecule has 2 rings (SSSR count). The third-order valence-corrected chi connectivity index (χ3v) is 2.83. The van der Waals surface area contributed by atoms with Crippen LogP contribution in [0.3, 0.4) is 0 Å². The molecular formula is C12H16N2O3. The second-order valence-corrected chi connectivity index (χ2v) is 4.18. The van der Waals surface area contributed by atoms with Crippen LogP contribution in [0.25, 0.3) is 0 Å². The van der Waals surface area contributed by atoms with Crippen LogP contribution in [0.1, 0.15) is 22.6 Å². The summed E-state index contributed by atoms with van der Waals surface area (Å²) < 4.78 is 4.62. The largest absolute Gasteiger partial charge is 0.464 e. The van der Waals surface area contributed by atoms with Crippen molar-refractivity contribution in [3.8, 4) is 0 Å². The predicted octanol–water partition coefficient (Wildman–Crippen LogP) is 0.435. The van der Waals surface area contributed by atoms with Gasteiger partial charge in [-0.25, -0.2) is 9.78 Å². The van der Waals surface area contributed by atoms with Crippen LogP contribution in [0.2, 0.25) is 0 Å². The first-order valence-corrected chi connectivity index (χ1v) is 5.63. The fraction of sp³-hybridized carbons (Fsp3) is 0.500. The van der Waals surface area contributed by atoms with Crippen LogP contribution in [0.4, 0.5) is 0 Å². The van der Waals surface area contributed by atoms with Crippen LogP contribution in [0.15, 0.2) is 18.2 Å². The maximum atomic E-state index is 11.3. The minimum Gasteiger partial charge on any atom is -0.464 e. The number of rotatable bonds is 3. The number of ether oxygens (including phenoxy) is 1. The lowest BCUT2D eigenvalue weighted by molar-refractivity contribution is 0.0593. The molecule has 1 aromatic heterocycles. The molecule has 0 amide bonds. The lowest BCUT2D eigenvalue weighted by Crippen LogP contribution is -2.22. The van der Waals surface area contributed by atoms with E-state index in [1.54, 1.807) is 12.1 Å². The standard InChI is InChI=1S/C12H16N2O3/c1-17-12(16)11-4-2-3-9(13-11)7-14-6-5-10(15)8-14/h2-4,10,15H,5-8H2,1H3. The first-order chi connectivity index (χ1) is 8.19. The number of nitrogens with zero attached hydrogens (tertiary/aromatic N) is 2. The SMILES string of the molecule is COC(=O)c1cccc(CN2CCC(O)C2)n1. The van der Waals surface area contributed by atoms with Gasteiger partial charge in [0.15, 0.2) is 0 Å². The fourth-order valence-electron chi connectivity index (χ4n) is 1.97. The summed E-state index contributed by atoms with van der Waals surface area (Å²) in [7, 11) is 1.34. The Labute approximate surface area is 100 Å². The maximum Gasteiger partial charge on any atom is 0.356 e. The van der Waals surface area contributed by atoms with E-state index in [0.717, 1.165) is 18.7 Å². The second kappa shape index (κ2) is 5.25. The van der Waals surface area contributed by atoms with E-state index in [0.29, 0.717) is 18.8 Å². The Kier molecular flexibility index (Phi) is 3.71. The van der Waals surface area contributed by atoms with Crippen molar-refractivity contribution in [2.75, 3.05) is 20.2 Å². The molecule has 1 fully saturated rings. The van der Waals surface area contributed by atoms with Gasteiger partial charge in [0.25, 0.3) is 0 Å². The second-order valence-electron chi connectivity index (χ2n) is 4.18. The highest BCUT2D eigenvalue weighted by Crippen LogP contribution is 2.12. The van der Waals surface area contributed by atoms with E-state index in [1.165, 1.54) is 7.11 Å². The number of aliphatic hydroxyl groups is 1. The summed E-state index contributed by atoms with van der Waals surface area (Å²) in [6, 6.07) is 5.30. The fourth-order valence-corrected chi connectivity index (χ4v) is 1.97. The van der Waals surface area contributed by atoms with Crippen molar-refractivity contribution in [2.45, 2.75) is 19.1 Å². The third-order valence-electron chi connectivity index (χ3n) is 2.83. The van der Waals surface area contributed by atoms with Gasteiger partial charge in [-0.15, -0.1) is 0 Å². The highest BCUT2D eigenvalue weighted by atomic mass is 16.5. The summed E-state index contributed by atoms with van der Waals surface area (Å²) in [5, 5.41) is 9.42. The molecule has 0 aliphatic carbocycles. The normalized spacial score (nSPS) is 20.5. The molecule has 0 radical (unpaired) electrons. The maximum absolute atomic E-state index is 11.3. The highest BCUT2D eigenvalue weighted by Gasteiger charge is 2.20. The van der Waals surface area contributed by atoms with E-state index in [4.69, 9.17) is 0 Å². The third kappa shape index (κ3) is 3.01. The molecule has 1 aliphatic heterocycles. The molecule has 0 spiro atoms. The van der Waals surface area contributed by atoms with Crippen molar-refractivity contribution >= 4 is 5.97 Å². The van der Waals surface area contributed by atoms with Crippen LogP contribution in [-0.2, 0) is 11.3 Å². The number of pyridine rings is 1. The molecule has 1 atom stereocenters. The van der Waals surface area contributed by atoms with Gasteiger partial charge < -0.3 is 9.84 Å². The van der Waals surface area contributed by atoms with Gasteiger partial charge in [0.1, 0.15) is 5.69 Å². The number of methoxy groups -OCH3 is 1. The van der Waals surface area contributed by atoms with Crippen LogP contribution >= 0.6 is 0 Å². The highest BCUT2D eigenvalue weighted by molar-refractivity contribution is 5.87. The molecule has 1 saturated heterocycles.